The summed E-state index contributed by atoms with van der Waals surface area (Å²) in [6.45, 7) is 4.60. The third kappa shape index (κ3) is 3.92. The third-order valence-corrected chi connectivity index (χ3v) is 4.80. The number of ether oxygens (including phenoxy) is 1. The van der Waals surface area contributed by atoms with Crippen LogP contribution >= 0.6 is 0 Å². The average molecular weight is 349 g/mol. The summed E-state index contributed by atoms with van der Waals surface area (Å²) in [4.78, 5) is 24.5. The van der Waals surface area contributed by atoms with Gasteiger partial charge in [-0.25, -0.2) is 0 Å². The maximum absolute atomic E-state index is 12.8. The Balaban J connectivity index is 2.34. The molecule has 3 unspecified atom stereocenters. The van der Waals surface area contributed by atoms with E-state index in [1.807, 2.05) is 30.3 Å². The van der Waals surface area contributed by atoms with Crippen LogP contribution in [0.4, 0.5) is 0 Å². The molecule has 1 heterocycles. The van der Waals surface area contributed by atoms with Crippen LogP contribution < -0.4 is 5.32 Å². The molecule has 1 saturated heterocycles. The lowest BCUT2D eigenvalue weighted by atomic mass is 9.72. The van der Waals surface area contributed by atoms with Crippen LogP contribution in [0.25, 0.3) is 0 Å². The summed E-state index contributed by atoms with van der Waals surface area (Å²) >= 11 is 0. The van der Waals surface area contributed by atoms with Crippen molar-refractivity contribution in [2.45, 2.75) is 38.3 Å². The minimum Gasteiger partial charge on any atom is -0.459 e. The highest BCUT2D eigenvalue weighted by atomic mass is 16.6. The fourth-order valence-corrected chi connectivity index (χ4v) is 3.47. The minimum atomic E-state index is -1.28. The molecule has 138 valence electrons. The van der Waals surface area contributed by atoms with E-state index in [1.165, 1.54) is 0 Å². The molecule has 1 aromatic carbocycles. The number of hydrogen-bond donors (Lipinski definition) is 3. The monoisotopic (exact) mass is 349 g/mol. The van der Waals surface area contributed by atoms with E-state index in [0.717, 1.165) is 11.8 Å². The van der Waals surface area contributed by atoms with Gasteiger partial charge >= 0.3 is 5.97 Å². The molecule has 0 amide bonds. The van der Waals surface area contributed by atoms with Crippen molar-refractivity contribution >= 4 is 12.3 Å². The van der Waals surface area contributed by atoms with Crippen molar-refractivity contribution in [1.29, 1.82) is 0 Å². The van der Waals surface area contributed by atoms with Crippen LogP contribution in [0, 0.1) is 11.3 Å². The molecule has 3 N–H and O–H groups in total. The molecule has 25 heavy (non-hydrogen) atoms. The molecule has 1 aliphatic heterocycles. The summed E-state index contributed by atoms with van der Waals surface area (Å²) in [5.74, 6) is -1.73. The molecule has 4 atom stereocenters. The smallest absolute Gasteiger partial charge is 0.316 e. The molecule has 0 aliphatic carbocycles. The first-order valence-corrected chi connectivity index (χ1v) is 8.48. The van der Waals surface area contributed by atoms with Crippen molar-refractivity contribution in [2.24, 2.45) is 11.3 Å². The molecule has 0 saturated carbocycles. The number of hydrogen-bond acceptors (Lipinski definition) is 6. The second-order valence-corrected chi connectivity index (χ2v) is 7.58. The van der Waals surface area contributed by atoms with Crippen LogP contribution in [-0.4, -0.2) is 53.9 Å². The highest BCUT2D eigenvalue weighted by Gasteiger charge is 2.56. The SMILES string of the molecule is CC(C)(C)OC(=O)C1(CO)CNC([C@H](C=O)c2ccccc2)C1CO. The molecule has 0 radical (unpaired) electrons. The average Bonchev–Trinajstić information content (AvgIpc) is 2.94. The number of aliphatic hydroxyl groups excluding tert-OH is 2. The highest BCUT2D eigenvalue weighted by Crippen LogP contribution is 2.41. The number of nitrogens with one attached hydrogen (secondary N) is 1. The number of esters is 1. The molecule has 2 rings (SSSR count). The fraction of sp³-hybridized carbons (Fsp3) is 0.579. The van der Waals surface area contributed by atoms with E-state index in [4.69, 9.17) is 4.74 Å². The van der Waals surface area contributed by atoms with Crippen molar-refractivity contribution in [3.05, 3.63) is 35.9 Å². The van der Waals surface area contributed by atoms with Crippen molar-refractivity contribution in [1.82, 2.24) is 5.32 Å². The predicted octanol–water partition coefficient (Wildman–Crippen LogP) is 0.870. The van der Waals surface area contributed by atoms with E-state index in [-0.39, 0.29) is 13.2 Å². The van der Waals surface area contributed by atoms with E-state index in [9.17, 15) is 19.8 Å². The molecule has 0 spiro atoms. The first-order valence-electron chi connectivity index (χ1n) is 8.48. The molecular weight excluding hydrogens is 322 g/mol. The van der Waals surface area contributed by atoms with Gasteiger partial charge in [0.2, 0.25) is 0 Å². The second-order valence-electron chi connectivity index (χ2n) is 7.58. The van der Waals surface area contributed by atoms with Crippen molar-refractivity contribution in [3.63, 3.8) is 0 Å². The Hall–Kier alpha value is -1.76. The van der Waals surface area contributed by atoms with E-state index in [1.54, 1.807) is 20.8 Å². The van der Waals surface area contributed by atoms with Gasteiger partial charge in [0, 0.05) is 25.1 Å². The van der Waals surface area contributed by atoms with Crippen LogP contribution in [0.15, 0.2) is 30.3 Å². The number of carbonyl (C=O) groups is 2. The van der Waals surface area contributed by atoms with Gasteiger partial charge in [0.1, 0.15) is 17.3 Å². The molecule has 1 aromatic rings. The van der Waals surface area contributed by atoms with E-state index < -0.39 is 41.5 Å². The van der Waals surface area contributed by atoms with Gasteiger partial charge in [-0.3, -0.25) is 4.79 Å². The molecule has 0 bridgehead atoms. The summed E-state index contributed by atoms with van der Waals surface area (Å²) in [6.07, 6.45) is 0.818. The van der Waals surface area contributed by atoms with Gasteiger partial charge in [-0.15, -0.1) is 0 Å². The number of carbonyl (C=O) groups excluding carboxylic acids is 2. The number of aliphatic hydroxyl groups is 2. The number of benzene rings is 1. The van der Waals surface area contributed by atoms with Crippen LogP contribution in [0.5, 0.6) is 0 Å². The molecule has 1 fully saturated rings. The summed E-state index contributed by atoms with van der Waals surface area (Å²) in [6, 6.07) is 8.73. The van der Waals surface area contributed by atoms with Gasteiger partial charge in [0.25, 0.3) is 0 Å². The summed E-state index contributed by atoms with van der Waals surface area (Å²) in [5.41, 5.74) is -1.18. The topological polar surface area (TPSA) is 95.9 Å². The van der Waals surface area contributed by atoms with E-state index >= 15 is 0 Å². The zero-order valence-electron chi connectivity index (χ0n) is 14.9. The van der Waals surface area contributed by atoms with Gasteiger partial charge in [-0.1, -0.05) is 30.3 Å². The minimum absolute atomic E-state index is 0.144. The second kappa shape index (κ2) is 7.64. The lowest BCUT2D eigenvalue weighted by Gasteiger charge is -2.35. The van der Waals surface area contributed by atoms with Crippen LogP contribution in [0.1, 0.15) is 32.3 Å². The molecule has 6 heteroatoms. The Kier molecular flexibility index (Phi) is 5.98. The predicted molar refractivity (Wildman–Crippen MR) is 93.0 cm³/mol. The van der Waals surface area contributed by atoms with Crippen LogP contribution in [0.3, 0.4) is 0 Å². The number of aldehydes is 1. The molecule has 6 nitrogen and oxygen atoms in total. The van der Waals surface area contributed by atoms with Crippen LogP contribution in [-0.2, 0) is 14.3 Å². The molecule has 0 aromatic heterocycles. The maximum Gasteiger partial charge on any atom is 0.316 e. The Morgan fingerprint density at radius 3 is 2.48 bits per heavy atom. The van der Waals surface area contributed by atoms with Gasteiger partial charge < -0.3 is 25.1 Å². The summed E-state index contributed by atoms with van der Waals surface area (Å²) in [5, 5.41) is 23.1. The van der Waals surface area contributed by atoms with Gasteiger partial charge in [0.05, 0.1) is 12.5 Å². The third-order valence-electron chi connectivity index (χ3n) is 4.80. The lowest BCUT2D eigenvalue weighted by Crippen LogP contribution is -2.48. The van der Waals surface area contributed by atoms with Gasteiger partial charge in [-0.05, 0) is 26.3 Å². The Bertz CT molecular complexity index is 598. The van der Waals surface area contributed by atoms with E-state index in [2.05, 4.69) is 5.32 Å². The Morgan fingerprint density at radius 1 is 1.36 bits per heavy atom. The normalized spacial score (nSPS) is 27.7. The van der Waals surface area contributed by atoms with Crippen molar-refractivity contribution in [2.75, 3.05) is 19.8 Å². The quantitative estimate of drug-likeness (QED) is 0.521. The van der Waals surface area contributed by atoms with Crippen LogP contribution in [0.2, 0.25) is 0 Å². The Morgan fingerprint density at radius 2 is 2.00 bits per heavy atom. The van der Waals surface area contributed by atoms with E-state index in [0.29, 0.717) is 0 Å². The standard InChI is InChI=1S/C19H27NO5/c1-18(2,3)25-17(24)19(12-23)11-20-16(15(19)10-22)14(9-21)13-7-5-4-6-8-13/h4-9,14-16,20,22-23H,10-12H2,1-3H3/t14-,15?,16?,19?/m1/s1. The first-order chi connectivity index (χ1) is 11.8. The highest BCUT2D eigenvalue weighted by molar-refractivity contribution is 5.79. The largest absolute Gasteiger partial charge is 0.459 e. The zero-order chi connectivity index (χ0) is 18.7. The fourth-order valence-electron chi connectivity index (χ4n) is 3.47. The summed E-state index contributed by atoms with van der Waals surface area (Å²) < 4.78 is 5.48. The van der Waals surface area contributed by atoms with Gasteiger partial charge in [-0.2, -0.15) is 0 Å². The maximum atomic E-state index is 12.8. The zero-order valence-corrected chi connectivity index (χ0v) is 14.9. The summed E-state index contributed by atoms with van der Waals surface area (Å²) in [7, 11) is 0. The van der Waals surface area contributed by atoms with Crippen molar-refractivity contribution < 1.29 is 24.5 Å². The molecule has 1 aliphatic rings. The lowest BCUT2D eigenvalue weighted by molar-refractivity contribution is -0.173. The van der Waals surface area contributed by atoms with Crippen molar-refractivity contribution in [3.8, 4) is 0 Å². The van der Waals surface area contributed by atoms with Gasteiger partial charge in [0.15, 0.2) is 0 Å². The molecular formula is C19H27NO5. The first kappa shape index (κ1) is 19.6. The number of rotatable bonds is 6. The Labute approximate surface area is 148 Å².